The molecule has 2 N–H and O–H groups in total. The second-order valence-corrected chi connectivity index (χ2v) is 6.86. The summed E-state index contributed by atoms with van der Waals surface area (Å²) in [5, 5.41) is 6.86. The zero-order valence-electron chi connectivity index (χ0n) is 15.6. The molecule has 1 aromatic heterocycles. The van der Waals surface area contributed by atoms with Crippen LogP contribution < -0.4 is 25.0 Å². The molecule has 0 bridgehead atoms. The topological polar surface area (TPSA) is 75.7 Å². The summed E-state index contributed by atoms with van der Waals surface area (Å²) in [6, 6.07) is 9.66. The van der Waals surface area contributed by atoms with Crippen molar-refractivity contribution in [2.24, 2.45) is 0 Å². The van der Waals surface area contributed by atoms with E-state index >= 15 is 0 Å². The van der Waals surface area contributed by atoms with Gasteiger partial charge < -0.3 is 25.0 Å². The molecule has 2 aliphatic rings. The molecular formula is C20H24N4O3. The Hall–Kier alpha value is -2.80. The van der Waals surface area contributed by atoms with Crippen LogP contribution in [-0.2, 0) is 11.3 Å². The first-order valence-corrected chi connectivity index (χ1v) is 9.14. The van der Waals surface area contributed by atoms with E-state index in [9.17, 15) is 4.79 Å². The first-order valence-electron chi connectivity index (χ1n) is 9.14. The second kappa shape index (κ2) is 7.08. The van der Waals surface area contributed by atoms with E-state index in [-0.39, 0.29) is 5.91 Å². The molecule has 1 amide bonds. The van der Waals surface area contributed by atoms with E-state index < -0.39 is 5.54 Å². The highest BCUT2D eigenvalue weighted by Gasteiger charge is 2.46. The zero-order valence-corrected chi connectivity index (χ0v) is 15.6. The lowest BCUT2D eigenvalue weighted by molar-refractivity contribution is -0.124. The second-order valence-electron chi connectivity index (χ2n) is 6.86. The van der Waals surface area contributed by atoms with Crippen LogP contribution in [0.2, 0.25) is 0 Å². The highest BCUT2D eigenvalue weighted by molar-refractivity contribution is 6.07. The molecule has 4 rings (SSSR count). The maximum absolute atomic E-state index is 13.6. The molecule has 3 heterocycles. The Morgan fingerprint density at radius 2 is 1.93 bits per heavy atom. The highest BCUT2D eigenvalue weighted by Crippen LogP contribution is 2.40. The van der Waals surface area contributed by atoms with Gasteiger partial charge in [-0.2, -0.15) is 0 Å². The number of fused-ring (bicyclic) bond motifs is 1. The van der Waals surface area contributed by atoms with Crippen LogP contribution in [0.5, 0.6) is 11.5 Å². The van der Waals surface area contributed by atoms with Crippen molar-refractivity contribution in [3.05, 3.63) is 42.2 Å². The Morgan fingerprint density at radius 3 is 2.67 bits per heavy atom. The third kappa shape index (κ3) is 2.98. The smallest absolute Gasteiger partial charge is 0.253 e. The normalized spacial score (nSPS) is 18.0. The van der Waals surface area contributed by atoms with Gasteiger partial charge in [0.25, 0.3) is 5.91 Å². The SMILES string of the molecule is COc1ccnc(CN2C(=O)C3(CCNCC3)Nc3ccccc32)c1OC. The van der Waals surface area contributed by atoms with Crippen molar-refractivity contribution in [1.29, 1.82) is 0 Å². The maximum Gasteiger partial charge on any atom is 0.253 e. The number of anilines is 2. The Morgan fingerprint density at radius 1 is 1.15 bits per heavy atom. The number of aromatic nitrogens is 1. The van der Waals surface area contributed by atoms with Gasteiger partial charge >= 0.3 is 0 Å². The van der Waals surface area contributed by atoms with Crippen molar-refractivity contribution in [3.63, 3.8) is 0 Å². The Balaban J connectivity index is 1.76. The third-order valence-corrected chi connectivity index (χ3v) is 5.35. The van der Waals surface area contributed by atoms with Gasteiger partial charge in [-0.25, -0.2) is 0 Å². The largest absolute Gasteiger partial charge is 0.493 e. The average Bonchev–Trinajstić information content (AvgIpc) is 2.71. The molecule has 0 aliphatic carbocycles. The summed E-state index contributed by atoms with van der Waals surface area (Å²) >= 11 is 0. The quantitative estimate of drug-likeness (QED) is 0.862. The van der Waals surface area contributed by atoms with Crippen LogP contribution in [-0.4, -0.2) is 43.7 Å². The van der Waals surface area contributed by atoms with Gasteiger partial charge in [-0.05, 0) is 38.1 Å². The van der Waals surface area contributed by atoms with E-state index in [1.165, 1.54) is 0 Å². The molecule has 142 valence electrons. The number of ether oxygens (including phenoxy) is 2. The molecular weight excluding hydrogens is 344 g/mol. The average molecular weight is 368 g/mol. The van der Waals surface area contributed by atoms with E-state index in [2.05, 4.69) is 15.6 Å². The summed E-state index contributed by atoms with van der Waals surface area (Å²) in [5.41, 5.74) is 1.93. The fourth-order valence-electron chi connectivity index (χ4n) is 3.96. The number of hydrogen-bond donors (Lipinski definition) is 2. The molecule has 0 saturated carbocycles. The molecule has 1 fully saturated rings. The van der Waals surface area contributed by atoms with Gasteiger partial charge in [-0.15, -0.1) is 0 Å². The lowest BCUT2D eigenvalue weighted by atomic mass is 9.84. The van der Waals surface area contributed by atoms with Crippen LogP contribution in [0.15, 0.2) is 36.5 Å². The fourth-order valence-corrected chi connectivity index (χ4v) is 3.96. The van der Waals surface area contributed by atoms with Gasteiger partial charge in [0.05, 0.1) is 32.1 Å². The number of nitrogens with zero attached hydrogens (tertiary/aromatic N) is 2. The van der Waals surface area contributed by atoms with Crippen LogP contribution in [0.3, 0.4) is 0 Å². The molecule has 0 radical (unpaired) electrons. The number of hydrogen-bond acceptors (Lipinski definition) is 6. The van der Waals surface area contributed by atoms with Gasteiger partial charge in [0, 0.05) is 12.3 Å². The van der Waals surface area contributed by atoms with Crippen LogP contribution in [0.4, 0.5) is 11.4 Å². The number of carbonyl (C=O) groups excluding carboxylic acids is 1. The van der Waals surface area contributed by atoms with Crippen molar-refractivity contribution in [3.8, 4) is 11.5 Å². The van der Waals surface area contributed by atoms with Gasteiger partial charge in [-0.3, -0.25) is 9.78 Å². The summed E-state index contributed by atoms with van der Waals surface area (Å²) in [5.74, 6) is 1.24. The van der Waals surface area contributed by atoms with Crippen molar-refractivity contribution in [2.75, 3.05) is 37.5 Å². The minimum atomic E-state index is -0.578. The molecule has 2 aliphatic heterocycles. The molecule has 1 aromatic carbocycles. The van der Waals surface area contributed by atoms with E-state index in [0.717, 1.165) is 37.3 Å². The van der Waals surface area contributed by atoms with E-state index in [1.54, 1.807) is 26.5 Å². The number of methoxy groups -OCH3 is 2. The predicted molar refractivity (Wildman–Crippen MR) is 103 cm³/mol. The first-order chi connectivity index (χ1) is 13.2. The molecule has 7 nitrogen and oxygen atoms in total. The lowest BCUT2D eigenvalue weighted by Crippen LogP contribution is -2.61. The van der Waals surface area contributed by atoms with E-state index in [1.807, 2.05) is 29.2 Å². The summed E-state index contributed by atoms with van der Waals surface area (Å²) in [7, 11) is 3.18. The summed E-state index contributed by atoms with van der Waals surface area (Å²) in [6.07, 6.45) is 3.17. The Bertz CT molecular complexity index is 849. The minimum Gasteiger partial charge on any atom is -0.493 e. The van der Waals surface area contributed by atoms with Crippen LogP contribution >= 0.6 is 0 Å². The number of nitrogens with one attached hydrogen (secondary N) is 2. The molecule has 1 saturated heterocycles. The molecule has 7 heteroatoms. The lowest BCUT2D eigenvalue weighted by Gasteiger charge is -2.45. The third-order valence-electron chi connectivity index (χ3n) is 5.35. The van der Waals surface area contributed by atoms with Crippen LogP contribution in [0.1, 0.15) is 18.5 Å². The monoisotopic (exact) mass is 368 g/mol. The van der Waals surface area contributed by atoms with Gasteiger partial charge in [0.1, 0.15) is 11.2 Å². The zero-order chi connectivity index (χ0) is 18.9. The summed E-state index contributed by atoms with van der Waals surface area (Å²) in [4.78, 5) is 19.8. The van der Waals surface area contributed by atoms with Crippen molar-refractivity contribution >= 4 is 17.3 Å². The van der Waals surface area contributed by atoms with Crippen molar-refractivity contribution < 1.29 is 14.3 Å². The summed E-state index contributed by atoms with van der Waals surface area (Å²) in [6.45, 7) is 1.96. The van der Waals surface area contributed by atoms with Crippen molar-refractivity contribution in [1.82, 2.24) is 10.3 Å². The number of para-hydroxylation sites is 2. The van der Waals surface area contributed by atoms with Crippen LogP contribution in [0.25, 0.3) is 0 Å². The van der Waals surface area contributed by atoms with Gasteiger partial charge in [-0.1, -0.05) is 12.1 Å². The number of amides is 1. The fraction of sp³-hybridized carbons (Fsp3) is 0.400. The number of benzene rings is 1. The molecule has 0 unspecified atom stereocenters. The maximum atomic E-state index is 13.6. The summed E-state index contributed by atoms with van der Waals surface area (Å²) < 4.78 is 10.9. The molecule has 0 atom stereocenters. The molecule has 27 heavy (non-hydrogen) atoms. The molecule has 2 aromatic rings. The Labute approximate surface area is 158 Å². The van der Waals surface area contributed by atoms with E-state index in [4.69, 9.17) is 9.47 Å². The highest BCUT2D eigenvalue weighted by atomic mass is 16.5. The predicted octanol–water partition coefficient (Wildman–Crippen LogP) is 2.18. The number of pyridine rings is 1. The number of carbonyl (C=O) groups is 1. The number of piperidine rings is 1. The first kappa shape index (κ1) is 17.6. The standard InChI is InChI=1S/C20H24N4O3/c1-26-17-7-10-22-15(18(17)27-2)13-24-16-6-4-3-5-14(16)23-20(19(24)25)8-11-21-12-9-20/h3-7,10,21,23H,8-9,11-13H2,1-2H3. The van der Waals surface area contributed by atoms with Gasteiger partial charge in [0.2, 0.25) is 0 Å². The van der Waals surface area contributed by atoms with E-state index in [0.29, 0.717) is 23.7 Å². The van der Waals surface area contributed by atoms with Crippen LogP contribution in [0, 0.1) is 0 Å². The Kier molecular flexibility index (Phi) is 4.61. The molecule has 1 spiro atoms. The minimum absolute atomic E-state index is 0.0781. The number of rotatable bonds is 4. The van der Waals surface area contributed by atoms with Gasteiger partial charge in [0.15, 0.2) is 11.5 Å². The van der Waals surface area contributed by atoms with Crippen molar-refractivity contribution in [2.45, 2.75) is 24.9 Å².